The fraction of sp³-hybridized carbons (Fsp3) is 0.526. The molecule has 1 aromatic rings. The Balaban J connectivity index is 2.18. The van der Waals surface area contributed by atoms with Crippen molar-refractivity contribution in [2.75, 3.05) is 7.11 Å². The molecule has 5 nitrogen and oxygen atoms in total. The molecule has 1 aliphatic carbocycles. The van der Waals surface area contributed by atoms with Crippen molar-refractivity contribution in [3.05, 3.63) is 34.9 Å². The van der Waals surface area contributed by atoms with Crippen LogP contribution in [0.3, 0.4) is 0 Å². The van der Waals surface area contributed by atoms with E-state index in [-0.39, 0.29) is 17.2 Å². The molecule has 2 heterocycles. The first kappa shape index (κ1) is 16.7. The third kappa shape index (κ3) is 2.72. The molecule has 0 bridgehead atoms. The van der Waals surface area contributed by atoms with E-state index in [0.29, 0.717) is 23.5 Å². The Labute approximate surface area is 141 Å². The summed E-state index contributed by atoms with van der Waals surface area (Å²) in [4.78, 5) is 29.9. The fourth-order valence-corrected chi connectivity index (χ4v) is 3.81. The summed E-state index contributed by atoms with van der Waals surface area (Å²) in [5.41, 5.74) is 1.95. The Bertz CT molecular complexity index is 766. The minimum atomic E-state index is -0.621. The molecule has 0 N–H and O–H groups in total. The van der Waals surface area contributed by atoms with Gasteiger partial charge in [-0.1, -0.05) is 13.8 Å². The van der Waals surface area contributed by atoms with E-state index in [1.54, 1.807) is 0 Å². The molecule has 128 valence electrons. The van der Waals surface area contributed by atoms with E-state index < -0.39 is 11.8 Å². The fourth-order valence-electron chi connectivity index (χ4n) is 3.81. The molecule has 24 heavy (non-hydrogen) atoms. The van der Waals surface area contributed by atoms with Gasteiger partial charge in [0, 0.05) is 23.4 Å². The number of furan rings is 1. The molecular weight excluding hydrogens is 306 g/mol. The van der Waals surface area contributed by atoms with E-state index in [2.05, 4.69) is 18.8 Å². The summed E-state index contributed by atoms with van der Waals surface area (Å²) in [6, 6.07) is 3.69. The van der Waals surface area contributed by atoms with Gasteiger partial charge in [-0.2, -0.15) is 0 Å². The third-order valence-corrected chi connectivity index (χ3v) is 4.82. The number of aliphatic imine (C=N–C) groups is 1. The molecule has 0 fully saturated rings. The van der Waals surface area contributed by atoms with Gasteiger partial charge in [0.2, 0.25) is 0 Å². The minimum absolute atomic E-state index is 0.0467. The molecule has 5 heteroatoms. The number of Topliss-reactive ketones (excluding diaryl/α,β-unsaturated/α-hetero) is 1. The van der Waals surface area contributed by atoms with Crippen LogP contribution in [0.5, 0.6) is 0 Å². The first-order valence-corrected chi connectivity index (χ1v) is 8.19. The second-order valence-electron chi connectivity index (χ2n) is 7.48. The zero-order valence-corrected chi connectivity index (χ0v) is 14.8. The lowest BCUT2D eigenvalue weighted by atomic mass is 9.68. The van der Waals surface area contributed by atoms with E-state index in [1.807, 2.05) is 26.0 Å². The number of nitrogens with zero attached hydrogens (tertiary/aromatic N) is 1. The summed E-state index contributed by atoms with van der Waals surface area (Å²) in [6.07, 6.45) is 1.17. The molecule has 0 aromatic carbocycles. The van der Waals surface area contributed by atoms with E-state index in [4.69, 9.17) is 9.15 Å². The van der Waals surface area contributed by atoms with E-state index in [0.717, 1.165) is 17.9 Å². The number of esters is 1. The second kappa shape index (κ2) is 5.72. The standard InChI is InChI=1S/C19H23NO4/c1-10-6-7-14(24-10)17-15(18(22)23-5)11(2)20-12-8-19(3,4)9-13(21)16(12)17/h6-7,15,17H,8-9H2,1-5H3/t15-,17+/m1/s1. The van der Waals surface area contributed by atoms with Gasteiger partial charge >= 0.3 is 5.97 Å². The quantitative estimate of drug-likeness (QED) is 0.778. The number of hydrogen-bond acceptors (Lipinski definition) is 5. The highest BCUT2D eigenvalue weighted by Gasteiger charge is 2.47. The van der Waals surface area contributed by atoms with Crippen molar-refractivity contribution in [1.29, 1.82) is 0 Å². The maximum Gasteiger partial charge on any atom is 0.315 e. The number of carbonyl (C=O) groups excluding carboxylic acids is 2. The Morgan fingerprint density at radius 3 is 2.58 bits per heavy atom. The molecule has 0 saturated heterocycles. The van der Waals surface area contributed by atoms with Gasteiger partial charge in [-0.15, -0.1) is 0 Å². The Morgan fingerprint density at radius 2 is 2.00 bits per heavy atom. The average Bonchev–Trinajstić information content (AvgIpc) is 2.90. The second-order valence-corrected chi connectivity index (χ2v) is 7.48. The van der Waals surface area contributed by atoms with Gasteiger partial charge in [0.25, 0.3) is 0 Å². The summed E-state index contributed by atoms with van der Waals surface area (Å²) in [7, 11) is 1.36. The molecule has 0 spiro atoms. The van der Waals surface area contributed by atoms with Crippen molar-refractivity contribution in [1.82, 2.24) is 0 Å². The molecule has 1 aromatic heterocycles. The number of methoxy groups -OCH3 is 1. The van der Waals surface area contributed by atoms with Gasteiger partial charge < -0.3 is 9.15 Å². The maximum absolute atomic E-state index is 12.9. The molecule has 2 atom stereocenters. The molecule has 0 amide bonds. The number of hydrogen-bond donors (Lipinski definition) is 0. The van der Waals surface area contributed by atoms with Gasteiger partial charge in [0.15, 0.2) is 5.78 Å². The lowest BCUT2D eigenvalue weighted by Gasteiger charge is -2.37. The number of carbonyl (C=O) groups is 2. The molecule has 0 saturated carbocycles. The predicted octanol–water partition coefficient (Wildman–Crippen LogP) is 3.58. The van der Waals surface area contributed by atoms with E-state index in [9.17, 15) is 9.59 Å². The van der Waals surface area contributed by atoms with Crippen LogP contribution in [0.1, 0.15) is 51.1 Å². The van der Waals surface area contributed by atoms with Crippen LogP contribution in [0.2, 0.25) is 0 Å². The monoisotopic (exact) mass is 329 g/mol. The van der Waals surface area contributed by atoms with Gasteiger partial charge in [-0.25, -0.2) is 0 Å². The van der Waals surface area contributed by atoms with Crippen LogP contribution in [-0.2, 0) is 14.3 Å². The summed E-state index contributed by atoms with van der Waals surface area (Å²) in [5.74, 6) is -0.0473. The number of ether oxygens (including phenoxy) is 1. The smallest absolute Gasteiger partial charge is 0.315 e. The van der Waals surface area contributed by atoms with Crippen molar-refractivity contribution >= 4 is 17.5 Å². The highest BCUT2D eigenvalue weighted by atomic mass is 16.5. The molecular formula is C19H23NO4. The Morgan fingerprint density at radius 1 is 1.29 bits per heavy atom. The lowest BCUT2D eigenvalue weighted by molar-refractivity contribution is -0.143. The van der Waals surface area contributed by atoms with Gasteiger partial charge in [0.05, 0.1) is 13.0 Å². The van der Waals surface area contributed by atoms with Gasteiger partial charge in [0.1, 0.15) is 17.4 Å². The summed E-state index contributed by atoms with van der Waals surface area (Å²) in [5, 5.41) is 0. The SMILES string of the molecule is COC(=O)[C@@H]1C(C)=NC2=C(C(=O)CC(C)(C)C2)[C@H]1c1ccc(C)o1. The zero-order chi connectivity index (χ0) is 17.6. The lowest BCUT2D eigenvalue weighted by Crippen LogP contribution is -2.39. The van der Waals surface area contributed by atoms with Crippen molar-refractivity contribution in [2.45, 2.75) is 46.5 Å². The molecule has 1 aliphatic heterocycles. The van der Waals surface area contributed by atoms with E-state index in [1.165, 1.54) is 7.11 Å². The van der Waals surface area contributed by atoms with Crippen molar-refractivity contribution in [2.24, 2.45) is 16.3 Å². The number of aryl methyl sites for hydroxylation is 1. The van der Waals surface area contributed by atoms with Crippen LogP contribution in [0.4, 0.5) is 0 Å². The van der Waals surface area contributed by atoms with Crippen LogP contribution in [0, 0.1) is 18.3 Å². The van der Waals surface area contributed by atoms with Crippen LogP contribution in [0.25, 0.3) is 0 Å². The Kier molecular flexibility index (Phi) is 3.98. The topological polar surface area (TPSA) is 68.9 Å². The molecule has 0 unspecified atom stereocenters. The highest BCUT2D eigenvalue weighted by molar-refractivity contribution is 6.08. The molecule has 2 aliphatic rings. The average molecular weight is 329 g/mol. The van der Waals surface area contributed by atoms with Crippen molar-refractivity contribution < 1.29 is 18.7 Å². The number of allylic oxidation sites excluding steroid dienone is 2. The maximum atomic E-state index is 12.9. The van der Waals surface area contributed by atoms with Crippen molar-refractivity contribution in [3.63, 3.8) is 0 Å². The predicted molar refractivity (Wildman–Crippen MR) is 89.8 cm³/mol. The molecule has 0 radical (unpaired) electrons. The largest absolute Gasteiger partial charge is 0.468 e. The van der Waals surface area contributed by atoms with Crippen LogP contribution >= 0.6 is 0 Å². The van der Waals surface area contributed by atoms with Gasteiger partial charge in [-0.05, 0) is 37.8 Å². The van der Waals surface area contributed by atoms with Crippen molar-refractivity contribution in [3.8, 4) is 0 Å². The normalized spacial score (nSPS) is 26.0. The summed E-state index contributed by atoms with van der Waals surface area (Å²) >= 11 is 0. The molecule has 3 rings (SSSR count). The minimum Gasteiger partial charge on any atom is -0.468 e. The zero-order valence-electron chi connectivity index (χ0n) is 14.8. The first-order valence-electron chi connectivity index (χ1n) is 8.19. The Hall–Kier alpha value is -2.17. The van der Waals surface area contributed by atoms with Crippen LogP contribution in [-0.4, -0.2) is 24.6 Å². The van der Waals surface area contributed by atoms with Gasteiger partial charge in [-0.3, -0.25) is 14.6 Å². The first-order chi connectivity index (χ1) is 11.2. The number of ketones is 1. The highest BCUT2D eigenvalue weighted by Crippen LogP contribution is 2.48. The van der Waals surface area contributed by atoms with Crippen LogP contribution < -0.4 is 0 Å². The van der Waals surface area contributed by atoms with E-state index >= 15 is 0 Å². The third-order valence-electron chi connectivity index (χ3n) is 4.82. The summed E-state index contributed by atoms with van der Waals surface area (Å²) in [6.45, 7) is 7.80. The summed E-state index contributed by atoms with van der Waals surface area (Å²) < 4.78 is 10.8. The van der Waals surface area contributed by atoms with Crippen LogP contribution in [0.15, 0.2) is 32.8 Å². The number of rotatable bonds is 2.